The van der Waals surface area contributed by atoms with Crippen LogP contribution in [0.2, 0.25) is 0 Å². The predicted octanol–water partition coefficient (Wildman–Crippen LogP) is 2.56. The SMILES string of the molecule is CCNC(CCOC)c1ccnn1-c1ccccc1. The number of methoxy groups -OCH3 is 1. The lowest BCUT2D eigenvalue weighted by Gasteiger charge is -2.19. The predicted molar refractivity (Wildman–Crippen MR) is 76.5 cm³/mol. The van der Waals surface area contributed by atoms with Gasteiger partial charge in [-0.15, -0.1) is 0 Å². The molecule has 1 aromatic heterocycles. The number of aromatic nitrogens is 2. The van der Waals surface area contributed by atoms with Gasteiger partial charge in [0.2, 0.25) is 0 Å². The van der Waals surface area contributed by atoms with Crippen LogP contribution in [0.25, 0.3) is 5.69 Å². The molecule has 102 valence electrons. The molecule has 0 saturated heterocycles. The van der Waals surface area contributed by atoms with Crippen molar-refractivity contribution in [2.75, 3.05) is 20.3 Å². The van der Waals surface area contributed by atoms with E-state index in [4.69, 9.17) is 4.74 Å². The number of hydrogen-bond acceptors (Lipinski definition) is 3. The lowest BCUT2D eigenvalue weighted by molar-refractivity contribution is 0.182. The third-order valence-corrected chi connectivity index (χ3v) is 3.09. The Kier molecular flexibility index (Phi) is 5.12. The minimum atomic E-state index is 0.257. The normalized spacial score (nSPS) is 12.5. The van der Waals surface area contributed by atoms with Crippen molar-refractivity contribution >= 4 is 0 Å². The molecule has 1 unspecified atom stereocenters. The summed E-state index contributed by atoms with van der Waals surface area (Å²) < 4.78 is 7.18. The van der Waals surface area contributed by atoms with Gasteiger partial charge in [0.1, 0.15) is 0 Å². The first-order valence-corrected chi connectivity index (χ1v) is 6.68. The Labute approximate surface area is 114 Å². The number of nitrogens with one attached hydrogen (secondary N) is 1. The van der Waals surface area contributed by atoms with Crippen molar-refractivity contribution in [3.05, 3.63) is 48.3 Å². The summed E-state index contributed by atoms with van der Waals surface area (Å²) in [7, 11) is 1.73. The number of benzene rings is 1. The molecule has 1 atom stereocenters. The first-order chi connectivity index (χ1) is 9.36. The van der Waals surface area contributed by atoms with Crippen LogP contribution in [0.1, 0.15) is 25.1 Å². The molecule has 0 radical (unpaired) electrons. The molecule has 1 aromatic carbocycles. The summed E-state index contributed by atoms with van der Waals surface area (Å²) in [6.07, 6.45) is 2.78. The molecule has 0 aliphatic rings. The third kappa shape index (κ3) is 3.43. The van der Waals surface area contributed by atoms with E-state index in [9.17, 15) is 0 Å². The van der Waals surface area contributed by atoms with E-state index < -0.39 is 0 Å². The molecule has 2 rings (SSSR count). The Morgan fingerprint density at radius 1 is 1.26 bits per heavy atom. The second-order valence-corrected chi connectivity index (χ2v) is 4.40. The molecule has 0 fully saturated rings. The fourth-order valence-electron chi connectivity index (χ4n) is 2.20. The van der Waals surface area contributed by atoms with Gasteiger partial charge < -0.3 is 10.1 Å². The van der Waals surface area contributed by atoms with Crippen LogP contribution >= 0.6 is 0 Å². The minimum Gasteiger partial charge on any atom is -0.385 e. The van der Waals surface area contributed by atoms with Gasteiger partial charge in [-0.25, -0.2) is 4.68 Å². The van der Waals surface area contributed by atoms with Crippen molar-refractivity contribution in [3.63, 3.8) is 0 Å². The summed E-state index contributed by atoms with van der Waals surface area (Å²) in [5.74, 6) is 0. The number of rotatable bonds is 7. The van der Waals surface area contributed by atoms with Crippen LogP contribution in [0.4, 0.5) is 0 Å². The molecule has 0 saturated carbocycles. The molecule has 0 bridgehead atoms. The monoisotopic (exact) mass is 259 g/mol. The quantitative estimate of drug-likeness (QED) is 0.830. The van der Waals surface area contributed by atoms with Crippen molar-refractivity contribution in [3.8, 4) is 5.69 Å². The molecule has 0 aliphatic heterocycles. The minimum absolute atomic E-state index is 0.257. The maximum atomic E-state index is 5.19. The summed E-state index contributed by atoms with van der Waals surface area (Å²) in [6.45, 7) is 3.77. The lowest BCUT2D eigenvalue weighted by atomic mass is 10.1. The fraction of sp³-hybridized carbons (Fsp3) is 0.400. The number of nitrogens with zero attached hydrogens (tertiary/aromatic N) is 2. The van der Waals surface area contributed by atoms with E-state index in [1.807, 2.05) is 29.1 Å². The average Bonchev–Trinajstić information content (AvgIpc) is 2.93. The van der Waals surface area contributed by atoms with E-state index in [1.165, 1.54) is 5.69 Å². The van der Waals surface area contributed by atoms with Crippen molar-refractivity contribution in [2.45, 2.75) is 19.4 Å². The summed E-state index contributed by atoms with van der Waals surface area (Å²) in [5, 5.41) is 7.92. The van der Waals surface area contributed by atoms with Gasteiger partial charge in [-0.05, 0) is 31.2 Å². The Morgan fingerprint density at radius 2 is 2.05 bits per heavy atom. The molecule has 0 amide bonds. The highest BCUT2D eigenvalue weighted by Crippen LogP contribution is 2.20. The summed E-state index contributed by atoms with van der Waals surface area (Å²) >= 11 is 0. The fourth-order valence-corrected chi connectivity index (χ4v) is 2.20. The summed E-state index contributed by atoms with van der Waals surface area (Å²) in [4.78, 5) is 0. The van der Waals surface area contributed by atoms with Crippen LogP contribution < -0.4 is 5.32 Å². The maximum absolute atomic E-state index is 5.19. The van der Waals surface area contributed by atoms with Gasteiger partial charge in [-0.1, -0.05) is 25.1 Å². The van der Waals surface area contributed by atoms with Gasteiger partial charge in [0, 0.05) is 19.9 Å². The molecule has 0 spiro atoms. The molecule has 4 nitrogen and oxygen atoms in total. The zero-order valence-electron chi connectivity index (χ0n) is 11.5. The van der Waals surface area contributed by atoms with E-state index in [0.29, 0.717) is 0 Å². The van der Waals surface area contributed by atoms with Gasteiger partial charge in [0.05, 0.1) is 17.4 Å². The zero-order valence-corrected chi connectivity index (χ0v) is 11.5. The van der Waals surface area contributed by atoms with Crippen molar-refractivity contribution in [1.29, 1.82) is 0 Å². The molecule has 0 aliphatic carbocycles. The maximum Gasteiger partial charge on any atom is 0.0649 e. The molecule has 19 heavy (non-hydrogen) atoms. The number of hydrogen-bond donors (Lipinski definition) is 1. The van der Waals surface area contributed by atoms with Gasteiger partial charge in [-0.3, -0.25) is 0 Å². The van der Waals surface area contributed by atoms with Gasteiger partial charge in [-0.2, -0.15) is 5.10 Å². The largest absolute Gasteiger partial charge is 0.385 e. The second kappa shape index (κ2) is 7.07. The second-order valence-electron chi connectivity index (χ2n) is 4.40. The van der Waals surface area contributed by atoms with Crippen LogP contribution in [0.15, 0.2) is 42.6 Å². The van der Waals surface area contributed by atoms with Crippen molar-refractivity contribution < 1.29 is 4.74 Å². The van der Waals surface area contributed by atoms with Crippen LogP contribution in [0, 0.1) is 0 Å². The van der Waals surface area contributed by atoms with Gasteiger partial charge in [0.25, 0.3) is 0 Å². The molecule has 1 N–H and O–H groups in total. The number of ether oxygens (including phenoxy) is 1. The van der Waals surface area contributed by atoms with E-state index in [0.717, 1.165) is 25.3 Å². The van der Waals surface area contributed by atoms with E-state index in [-0.39, 0.29) is 6.04 Å². The van der Waals surface area contributed by atoms with Crippen LogP contribution in [0.3, 0.4) is 0 Å². The van der Waals surface area contributed by atoms with E-state index in [1.54, 1.807) is 7.11 Å². The number of para-hydroxylation sites is 1. The molecular formula is C15H21N3O. The molecule has 1 heterocycles. The Morgan fingerprint density at radius 3 is 2.74 bits per heavy atom. The first-order valence-electron chi connectivity index (χ1n) is 6.68. The standard InChI is InChI=1S/C15H21N3O/c1-3-16-14(10-12-19-2)15-9-11-17-18(15)13-7-5-4-6-8-13/h4-9,11,14,16H,3,10,12H2,1-2H3. The first kappa shape index (κ1) is 13.8. The molecular weight excluding hydrogens is 238 g/mol. The Balaban J connectivity index is 2.26. The lowest BCUT2D eigenvalue weighted by Crippen LogP contribution is -2.24. The van der Waals surface area contributed by atoms with E-state index in [2.05, 4.69) is 35.5 Å². The van der Waals surface area contributed by atoms with Crippen molar-refractivity contribution in [2.24, 2.45) is 0 Å². The van der Waals surface area contributed by atoms with Crippen LogP contribution in [0.5, 0.6) is 0 Å². The Hall–Kier alpha value is -1.65. The highest BCUT2D eigenvalue weighted by molar-refractivity contribution is 5.33. The van der Waals surface area contributed by atoms with Gasteiger partial charge >= 0.3 is 0 Å². The van der Waals surface area contributed by atoms with E-state index >= 15 is 0 Å². The summed E-state index contributed by atoms with van der Waals surface area (Å²) in [5.41, 5.74) is 2.26. The Bertz CT molecular complexity index is 481. The zero-order chi connectivity index (χ0) is 13.5. The van der Waals surface area contributed by atoms with Crippen LogP contribution in [-0.2, 0) is 4.74 Å². The van der Waals surface area contributed by atoms with Crippen LogP contribution in [-0.4, -0.2) is 30.0 Å². The highest BCUT2D eigenvalue weighted by atomic mass is 16.5. The average molecular weight is 259 g/mol. The smallest absolute Gasteiger partial charge is 0.0649 e. The molecule has 2 aromatic rings. The molecule has 4 heteroatoms. The topological polar surface area (TPSA) is 39.1 Å². The summed E-state index contributed by atoms with van der Waals surface area (Å²) in [6, 6.07) is 12.5. The third-order valence-electron chi connectivity index (χ3n) is 3.09. The van der Waals surface area contributed by atoms with Gasteiger partial charge in [0.15, 0.2) is 0 Å². The highest BCUT2D eigenvalue weighted by Gasteiger charge is 2.15. The van der Waals surface area contributed by atoms with Crippen molar-refractivity contribution in [1.82, 2.24) is 15.1 Å².